The summed E-state index contributed by atoms with van der Waals surface area (Å²) in [5.74, 6) is -0.553. The second kappa shape index (κ2) is 11.9. The molecule has 0 spiro atoms. The molecule has 1 fully saturated rings. The molecule has 1 aliphatic rings. The maximum absolute atomic E-state index is 14.0. The van der Waals surface area contributed by atoms with Gasteiger partial charge in [-0.05, 0) is 48.5 Å². The summed E-state index contributed by atoms with van der Waals surface area (Å²) in [5.41, 5.74) is 0.0644. The van der Waals surface area contributed by atoms with Crippen molar-refractivity contribution >= 4 is 41.3 Å². The number of rotatable bonds is 11. The Balaban J connectivity index is 1.75. The van der Waals surface area contributed by atoms with E-state index in [0.717, 1.165) is 4.31 Å². The maximum Gasteiger partial charge on any atom is 0.268 e. The van der Waals surface area contributed by atoms with Crippen LogP contribution in [-0.4, -0.2) is 82.5 Å². The van der Waals surface area contributed by atoms with Gasteiger partial charge in [-0.3, -0.25) is 9.03 Å². The normalized spacial score (nSPS) is 18.2. The molecule has 3 aromatic rings. The van der Waals surface area contributed by atoms with Crippen LogP contribution in [0.3, 0.4) is 0 Å². The fourth-order valence-electron chi connectivity index (χ4n) is 4.52. The minimum atomic E-state index is -4.53. The fourth-order valence-corrected chi connectivity index (χ4v) is 9.41. The van der Waals surface area contributed by atoms with Gasteiger partial charge in [0.25, 0.3) is 20.0 Å². The van der Waals surface area contributed by atoms with Crippen molar-refractivity contribution in [2.75, 3.05) is 49.0 Å². The predicted octanol–water partition coefficient (Wildman–Crippen LogP) is 1.87. The van der Waals surface area contributed by atoms with Crippen molar-refractivity contribution in [2.24, 2.45) is 0 Å². The summed E-state index contributed by atoms with van der Waals surface area (Å²) in [5, 5.41) is 10.6. The van der Waals surface area contributed by atoms with E-state index in [-0.39, 0.29) is 32.7 Å². The van der Waals surface area contributed by atoms with E-state index >= 15 is 0 Å². The quantitative estimate of drug-likeness (QED) is 0.312. The number of sulfone groups is 1. The second-order valence-corrected chi connectivity index (χ2v) is 14.8. The minimum absolute atomic E-state index is 0.0148. The first kappa shape index (κ1) is 31.2. The molecular weight excluding hydrogens is 612 g/mol. The van der Waals surface area contributed by atoms with E-state index in [4.69, 9.17) is 18.9 Å². The van der Waals surface area contributed by atoms with Crippen LogP contribution in [0.15, 0.2) is 70.5 Å². The summed E-state index contributed by atoms with van der Waals surface area (Å²) < 4.78 is 103. The topological polar surface area (TPSA) is 175 Å². The Morgan fingerprint density at radius 1 is 0.762 bits per heavy atom. The standard InChI is InChI=1S/C26H30N2O11S3/c1-36-19-9-11-25(23(13-19)38-3)41(32,33)27-17-5-7-18(8-6-17)28(21-15-40(30,31)16-22(21)29)42(34,35)26-12-10-20(37-2)14-24(26)39-4/h5-14,21-22,27,29H,15-16H2,1-4H3/t21-,22+/m0/s1. The van der Waals surface area contributed by atoms with E-state index in [9.17, 15) is 30.4 Å². The summed E-state index contributed by atoms with van der Waals surface area (Å²) in [6, 6.07) is 12.1. The van der Waals surface area contributed by atoms with Crippen LogP contribution >= 0.6 is 0 Å². The summed E-state index contributed by atoms with van der Waals surface area (Å²) in [7, 11) is -7.04. The zero-order valence-electron chi connectivity index (χ0n) is 23.0. The smallest absolute Gasteiger partial charge is 0.268 e. The third kappa shape index (κ3) is 6.21. The highest BCUT2D eigenvalue weighted by Gasteiger charge is 2.45. The molecular formula is C26H30N2O11S3. The SMILES string of the molecule is COc1ccc(S(=O)(=O)Nc2ccc(N([C@H]3CS(=O)(=O)C[C@H]3O)S(=O)(=O)c3ccc(OC)cc3OC)cc2)c(OC)c1. The van der Waals surface area contributed by atoms with Crippen molar-refractivity contribution in [1.29, 1.82) is 0 Å². The van der Waals surface area contributed by atoms with Crippen molar-refractivity contribution in [3.8, 4) is 23.0 Å². The second-order valence-electron chi connectivity index (χ2n) is 9.20. The Morgan fingerprint density at radius 3 is 1.76 bits per heavy atom. The number of aliphatic hydroxyl groups is 1. The average Bonchev–Trinajstić information content (AvgIpc) is 3.23. The van der Waals surface area contributed by atoms with Crippen LogP contribution in [-0.2, 0) is 29.9 Å². The number of nitrogens with zero attached hydrogens (tertiary/aromatic N) is 1. The van der Waals surface area contributed by atoms with Gasteiger partial charge in [0, 0.05) is 17.8 Å². The van der Waals surface area contributed by atoms with Crippen molar-refractivity contribution in [3.63, 3.8) is 0 Å². The third-order valence-corrected chi connectivity index (χ3v) is 11.5. The number of methoxy groups -OCH3 is 4. The van der Waals surface area contributed by atoms with Gasteiger partial charge in [0.05, 0.1) is 57.8 Å². The van der Waals surface area contributed by atoms with Crippen molar-refractivity contribution in [3.05, 3.63) is 60.7 Å². The molecule has 0 aromatic heterocycles. The zero-order chi connectivity index (χ0) is 30.9. The van der Waals surface area contributed by atoms with E-state index in [1.54, 1.807) is 0 Å². The van der Waals surface area contributed by atoms with Gasteiger partial charge in [-0.2, -0.15) is 0 Å². The van der Waals surface area contributed by atoms with Crippen LogP contribution in [0.1, 0.15) is 0 Å². The largest absolute Gasteiger partial charge is 0.497 e. The molecule has 0 bridgehead atoms. The molecule has 0 unspecified atom stereocenters. The Kier molecular flexibility index (Phi) is 8.82. The van der Waals surface area contributed by atoms with Gasteiger partial charge in [0.2, 0.25) is 0 Å². The number of anilines is 2. The van der Waals surface area contributed by atoms with Crippen molar-refractivity contribution in [2.45, 2.75) is 21.9 Å². The lowest BCUT2D eigenvalue weighted by atomic mass is 10.2. The van der Waals surface area contributed by atoms with Crippen LogP contribution < -0.4 is 28.0 Å². The number of ether oxygens (including phenoxy) is 4. The molecule has 13 nitrogen and oxygen atoms in total. The Hall–Kier alpha value is -3.73. The lowest BCUT2D eigenvalue weighted by Gasteiger charge is -2.32. The van der Waals surface area contributed by atoms with Crippen LogP contribution in [0.2, 0.25) is 0 Å². The van der Waals surface area contributed by atoms with E-state index in [1.807, 2.05) is 0 Å². The van der Waals surface area contributed by atoms with E-state index in [1.165, 1.54) is 89.1 Å². The molecule has 0 radical (unpaired) electrons. The average molecular weight is 643 g/mol. The lowest BCUT2D eigenvalue weighted by Crippen LogP contribution is -2.47. The third-order valence-electron chi connectivity index (χ3n) is 6.54. The molecule has 3 aromatic carbocycles. The van der Waals surface area contributed by atoms with Crippen molar-refractivity contribution < 1.29 is 49.3 Å². The van der Waals surface area contributed by atoms with E-state index < -0.39 is 53.5 Å². The van der Waals surface area contributed by atoms with Gasteiger partial charge in [0.15, 0.2) is 9.84 Å². The molecule has 0 aliphatic carbocycles. The molecule has 0 amide bonds. The molecule has 16 heteroatoms. The van der Waals surface area contributed by atoms with Gasteiger partial charge >= 0.3 is 0 Å². The molecule has 1 saturated heterocycles. The van der Waals surface area contributed by atoms with Gasteiger partial charge < -0.3 is 24.1 Å². The number of sulfonamides is 2. The van der Waals surface area contributed by atoms with Gasteiger partial charge in [0.1, 0.15) is 32.8 Å². The van der Waals surface area contributed by atoms with Crippen molar-refractivity contribution in [1.82, 2.24) is 0 Å². The molecule has 2 N–H and O–H groups in total. The van der Waals surface area contributed by atoms with Gasteiger partial charge in [-0.1, -0.05) is 0 Å². The number of hydrogen-bond donors (Lipinski definition) is 2. The Labute approximate surface area is 244 Å². The number of aliphatic hydroxyl groups excluding tert-OH is 1. The number of benzene rings is 3. The monoisotopic (exact) mass is 642 g/mol. The van der Waals surface area contributed by atoms with E-state index in [2.05, 4.69) is 4.72 Å². The predicted molar refractivity (Wildman–Crippen MR) is 154 cm³/mol. The first-order valence-corrected chi connectivity index (χ1v) is 17.0. The Bertz CT molecular complexity index is 1780. The maximum atomic E-state index is 14.0. The summed E-state index contributed by atoms with van der Waals surface area (Å²) in [6.45, 7) is 0. The number of nitrogens with one attached hydrogen (secondary N) is 1. The summed E-state index contributed by atoms with van der Waals surface area (Å²) >= 11 is 0. The molecule has 42 heavy (non-hydrogen) atoms. The molecule has 228 valence electrons. The first-order chi connectivity index (χ1) is 19.8. The van der Waals surface area contributed by atoms with Crippen LogP contribution in [0.4, 0.5) is 11.4 Å². The lowest BCUT2D eigenvalue weighted by molar-refractivity contribution is 0.184. The molecule has 1 heterocycles. The van der Waals surface area contributed by atoms with Crippen LogP contribution in [0, 0.1) is 0 Å². The highest BCUT2D eigenvalue weighted by molar-refractivity contribution is 7.93. The highest BCUT2D eigenvalue weighted by atomic mass is 32.2. The fraction of sp³-hybridized carbons (Fsp3) is 0.308. The van der Waals surface area contributed by atoms with Crippen LogP contribution in [0.5, 0.6) is 23.0 Å². The highest BCUT2D eigenvalue weighted by Crippen LogP contribution is 2.37. The molecule has 4 rings (SSSR count). The summed E-state index contributed by atoms with van der Waals surface area (Å²) in [4.78, 5) is -0.455. The van der Waals surface area contributed by atoms with Gasteiger partial charge in [-0.25, -0.2) is 25.3 Å². The Morgan fingerprint density at radius 2 is 1.29 bits per heavy atom. The summed E-state index contributed by atoms with van der Waals surface area (Å²) in [6.07, 6.45) is -1.52. The van der Waals surface area contributed by atoms with Gasteiger partial charge in [-0.15, -0.1) is 0 Å². The first-order valence-electron chi connectivity index (χ1n) is 12.3. The van der Waals surface area contributed by atoms with E-state index in [0.29, 0.717) is 11.5 Å². The number of hydrogen-bond acceptors (Lipinski definition) is 11. The van der Waals surface area contributed by atoms with Crippen LogP contribution in [0.25, 0.3) is 0 Å². The molecule has 1 aliphatic heterocycles. The zero-order valence-corrected chi connectivity index (χ0v) is 25.5. The molecule has 0 saturated carbocycles. The molecule has 2 atom stereocenters. The minimum Gasteiger partial charge on any atom is -0.497 e.